The average molecular weight is 271 g/mol. The first kappa shape index (κ1) is 15.0. The Labute approximate surface area is 109 Å². The van der Waals surface area contributed by atoms with Crippen molar-refractivity contribution >= 4 is 15.5 Å². The summed E-state index contributed by atoms with van der Waals surface area (Å²) in [5, 5.41) is 12.4. The lowest BCUT2D eigenvalue weighted by molar-refractivity contribution is 0.249. The minimum absolute atomic E-state index is 0.0296. The van der Waals surface area contributed by atoms with Gasteiger partial charge in [0, 0.05) is 0 Å². The second-order valence-corrected chi connectivity index (χ2v) is 6.82. The van der Waals surface area contributed by atoms with Crippen LogP contribution >= 0.6 is 0 Å². The Bertz CT molecular complexity index is 483. The highest BCUT2D eigenvalue weighted by Gasteiger charge is 2.19. The molecular weight excluding hydrogens is 250 g/mol. The third-order valence-corrected chi connectivity index (χ3v) is 4.73. The summed E-state index contributed by atoms with van der Waals surface area (Å²) in [7, 11) is -3.25. The summed E-state index contributed by atoms with van der Waals surface area (Å²) < 4.78 is 23.9. The average Bonchev–Trinajstić information content (AvgIpc) is 2.35. The Kier molecular flexibility index (Phi) is 5.16. The van der Waals surface area contributed by atoms with Crippen molar-refractivity contribution in [3.8, 4) is 0 Å². The predicted octanol–water partition coefficient (Wildman–Crippen LogP) is 1.91. The number of aliphatic hydroxyl groups is 1. The van der Waals surface area contributed by atoms with Gasteiger partial charge in [-0.2, -0.15) is 0 Å². The number of sulfone groups is 1. The van der Waals surface area contributed by atoms with Gasteiger partial charge in [-0.25, -0.2) is 8.42 Å². The van der Waals surface area contributed by atoms with Crippen molar-refractivity contribution in [2.45, 2.75) is 31.7 Å². The second kappa shape index (κ2) is 6.20. The van der Waals surface area contributed by atoms with E-state index in [2.05, 4.69) is 5.32 Å². The van der Waals surface area contributed by atoms with Crippen molar-refractivity contribution in [1.82, 2.24) is 0 Å². The molecule has 0 bridgehead atoms. The van der Waals surface area contributed by atoms with Crippen molar-refractivity contribution in [2.75, 3.05) is 17.7 Å². The summed E-state index contributed by atoms with van der Waals surface area (Å²) in [5.41, 5.74) is 0.562. The standard InChI is InChI=1S/C13H21NO3S/c1-4-18(16,17)13-8-6-5-7-11(13)14-12(9-15)10(2)3/h5-8,10,12,14-15H,4,9H2,1-3H3. The zero-order chi connectivity index (χ0) is 13.8. The topological polar surface area (TPSA) is 66.4 Å². The van der Waals surface area contributed by atoms with E-state index >= 15 is 0 Å². The second-order valence-electron chi connectivity index (χ2n) is 4.58. The van der Waals surface area contributed by atoms with Crippen LogP contribution in [0.15, 0.2) is 29.2 Å². The van der Waals surface area contributed by atoms with Crippen LogP contribution in [0.4, 0.5) is 5.69 Å². The molecule has 102 valence electrons. The van der Waals surface area contributed by atoms with Crippen molar-refractivity contribution in [1.29, 1.82) is 0 Å². The van der Waals surface area contributed by atoms with Gasteiger partial charge in [-0.3, -0.25) is 0 Å². The Morgan fingerprint density at radius 1 is 1.28 bits per heavy atom. The number of hydrogen-bond donors (Lipinski definition) is 2. The van der Waals surface area contributed by atoms with Crippen LogP contribution in [0.25, 0.3) is 0 Å². The van der Waals surface area contributed by atoms with Gasteiger partial charge in [0.1, 0.15) is 0 Å². The molecule has 0 aliphatic heterocycles. The molecule has 0 spiro atoms. The predicted molar refractivity (Wildman–Crippen MR) is 73.5 cm³/mol. The van der Waals surface area contributed by atoms with E-state index in [1.807, 2.05) is 13.8 Å². The summed E-state index contributed by atoms with van der Waals surface area (Å²) >= 11 is 0. The number of rotatable bonds is 6. The molecule has 0 heterocycles. The maximum Gasteiger partial charge on any atom is 0.180 e. The number of anilines is 1. The van der Waals surface area contributed by atoms with Gasteiger partial charge in [-0.15, -0.1) is 0 Å². The molecule has 1 unspecified atom stereocenters. The minimum Gasteiger partial charge on any atom is -0.394 e. The molecule has 0 aromatic heterocycles. The van der Waals surface area contributed by atoms with E-state index in [1.165, 1.54) is 0 Å². The Morgan fingerprint density at radius 3 is 2.39 bits per heavy atom. The molecular formula is C13H21NO3S. The first-order valence-corrected chi connectivity index (χ1v) is 7.76. The summed E-state index contributed by atoms with van der Waals surface area (Å²) in [5.74, 6) is 0.282. The SMILES string of the molecule is CCS(=O)(=O)c1ccccc1NC(CO)C(C)C. The van der Waals surface area contributed by atoms with Gasteiger partial charge in [0.25, 0.3) is 0 Å². The van der Waals surface area contributed by atoms with Gasteiger partial charge in [-0.1, -0.05) is 32.9 Å². The summed E-state index contributed by atoms with van der Waals surface area (Å²) in [6.45, 7) is 5.55. The number of aliphatic hydroxyl groups excluding tert-OH is 1. The fourth-order valence-corrected chi connectivity index (χ4v) is 2.69. The van der Waals surface area contributed by atoms with E-state index in [9.17, 15) is 13.5 Å². The summed E-state index contributed by atoms with van der Waals surface area (Å²) in [6.07, 6.45) is 0. The van der Waals surface area contributed by atoms with Crippen molar-refractivity contribution in [3.05, 3.63) is 24.3 Å². The van der Waals surface area contributed by atoms with Crippen LogP contribution in [0.2, 0.25) is 0 Å². The van der Waals surface area contributed by atoms with Crippen LogP contribution in [0.1, 0.15) is 20.8 Å². The molecule has 0 saturated heterocycles. The molecule has 0 aliphatic carbocycles. The van der Waals surface area contributed by atoms with Crippen LogP contribution in [-0.4, -0.2) is 31.9 Å². The molecule has 4 nitrogen and oxygen atoms in total. The zero-order valence-electron chi connectivity index (χ0n) is 11.1. The molecule has 1 aromatic rings. The quantitative estimate of drug-likeness (QED) is 0.829. The zero-order valence-corrected chi connectivity index (χ0v) is 11.9. The van der Waals surface area contributed by atoms with Crippen LogP contribution < -0.4 is 5.32 Å². The molecule has 1 rings (SSSR count). The Hall–Kier alpha value is -1.07. The molecule has 1 aromatic carbocycles. The first-order chi connectivity index (χ1) is 8.42. The lowest BCUT2D eigenvalue weighted by Gasteiger charge is -2.22. The van der Waals surface area contributed by atoms with Crippen molar-refractivity contribution in [3.63, 3.8) is 0 Å². The van der Waals surface area contributed by atoms with Crippen molar-refractivity contribution < 1.29 is 13.5 Å². The third-order valence-electron chi connectivity index (χ3n) is 2.94. The third kappa shape index (κ3) is 3.46. The monoisotopic (exact) mass is 271 g/mol. The fraction of sp³-hybridized carbons (Fsp3) is 0.538. The Morgan fingerprint density at radius 2 is 1.89 bits per heavy atom. The molecule has 1 atom stereocenters. The highest BCUT2D eigenvalue weighted by atomic mass is 32.2. The fourth-order valence-electron chi connectivity index (χ4n) is 1.64. The van der Waals surface area contributed by atoms with Gasteiger partial charge < -0.3 is 10.4 Å². The summed E-state index contributed by atoms with van der Waals surface area (Å²) in [4.78, 5) is 0.298. The van der Waals surface area contributed by atoms with Crippen molar-refractivity contribution in [2.24, 2.45) is 5.92 Å². The van der Waals surface area contributed by atoms with Gasteiger partial charge >= 0.3 is 0 Å². The molecule has 0 fully saturated rings. The number of nitrogens with one attached hydrogen (secondary N) is 1. The summed E-state index contributed by atoms with van der Waals surface area (Å²) in [6, 6.07) is 6.66. The highest BCUT2D eigenvalue weighted by Crippen LogP contribution is 2.23. The normalized spacial score (nSPS) is 13.6. The molecule has 0 amide bonds. The molecule has 0 radical (unpaired) electrons. The van der Waals surface area contributed by atoms with Gasteiger partial charge in [0.05, 0.1) is 29.0 Å². The largest absolute Gasteiger partial charge is 0.394 e. The van der Waals surface area contributed by atoms with E-state index in [1.54, 1.807) is 31.2 Å². The maximum absolute atomic E-state index is 12.0. The molecule has 0 aliphatic rings. The number of benzene rings is 1. The van der Waals surface area contributed by atoms with E-state index in [4.69, 9.17) is 0 Å². The number of para-hydroxylation sites is 1. The van der Waals surface area contributed by atoms with Crippen LogP contribution in [0, 0.1) is 5.92 Å². The lowest BCUT2D eigenvalue weighted by atomic mass is 10.1. The molecule has 5 heteroatoms. The molecule has 2 N–H and O–H groups in total. The molecule has 18 heavy (non-hydrogen) atoms. The van der Waals surface area contributed by atoms with Crippen LogP contribution in [0.3, 0.4) is 0 Å². The van der Waals surface area contributed by atoms with E-state index in [-0.39, 0.29) is 24.3 Å². The van der Waals surface area contributed by atoms with E-state index in [0.29, 0.717) is 10.6 Å². The van der Waals surface area contributed by atoms with Gasteiger partial charge in [0.15, 0.2) is 9.84 Å². The molecule has 0 saturated carbocycles. The van der Waals surface area contributed by atoms with Gasteiger partial charge in [-0.05, 0) is 18.1 Å². The van der Waals surface area contributed by atoms with Crippen LogP contribution in [-0.2, 0) is 9.84 Å². The highest BCUT2D eigenvalue weighted by molar-refractivity contribution is 7.91. The smallest absolute Gasteiger partial charge is 0.180 e. The maximum atomic E-state index is 12.0. The lowest BCUT2D eigenvalue weighted by Crippen LogP contribution is -2.30. The number of hydrogen-bond acceptors (Lipinski definition) is 4. The van der Waals surface area contributed by atoms with Crippen LogP contribution in [0.5, 0.6) is 0 Å². The Balaban J connectivity index is 3.11. The van der Waals surface area contributed by atoms with E-state index < -0.39 is 9.84 Å². The minimum atomic E-state index is -3.25. The van der Waals surface area contributed by atoms with Gasteiger partial charge in [0.2, 0.25) is 0 Å². The first-order valence-electron chi connectivity index (χ1n) is 6.11. The van der Waals surface area contributed by atoms with E-state index in [0.717, 1.165) is 0 Å².